The number of nitrogens with zero attached hydrogens (tertiary/aromatic N) is 1. The maximum absolute atomic E-state index is 13.3. The predicted molar refractivity (Wildman–Crippen MR) is 134 cm³/mol. The van der Waals surface area contributed by atoms with Crippen molar-refractivity contribution in [3.8, 4) is 11.1 Å². The first kappa shape index (κ1) is 23.7. The van der Waals surface area contributed by atoms with Gasteiger partial charge in [0.25, 0.3) is 0 Å². The zero-order valence-electron chi connectivity index (χ0n) is 19.7. The Hall–Kier alpha value is -3.00. The van der Waals surface area contributed by atoms with Crippen LogP contribution in [0, 0.1) is 11.8 Å². The highest BCUT2D eigenvalue weighted by molar-refractivity contribution is 8.00. The van der Waals surface area contributed by atoms with Crippen LogP contribution in [0.15, 0.2) is 48.5 Å². The van der Waals surface area contributed by atoms with Crippen molar-refractivity contribution in [3.63, 3.8) is 0 Å². The minimum absolute atomic E-state index is 0.00365. The highest BCUT2D eigenvalue weighted by Gasteiger charge is 2.44. The second-order valence-corrected chi connectivity index (χ2v) is 10.9. The van der Waals surface area contributed by atoms with Crippen LogP contribution in [0.4, 0.5) is 4.79 Å². The van der Waals surface area contributed by atoms with Crippen molar-refractivity contribution in [1.29, 1.82) is 0 Å². The molecule has 3 aliphatic rings. The van der Waals surface area contributed by atoms with Crippen LogP contribution in [-0.2, 0) is 14.3 Å². The molecule has 2 aromatic carbocycles. The molecule has 1 saturated heterocycles. The third kappa shape index (κ3) is 4.51. The molecule has 2 amide bonds. The van der Waals surface area contributed by atoms with Gasteiger partial charge < -0.3 is 20.1 Å². The number of hydrogen-bond donors (Lipinski definition) is 2. The summed E-state index contributed by atoms with van der Waals surface area (Å²) >= 11 is 1.49. The molecule has 2 aliphatic carbocycles. The van der Waals surface area contributed by atoms with Gasteiger partial charge in [-0.1, -0.05) is 55.0 Å². The Morgan fingerprint density at radius 1 is 1.06 bits per heavy atom. The van der Waals surface area contributed by atoms with E-state index < -0.39 is 18.1 Å². The van der Waals surface area contributed by atoms with Gasteiger partial charge in [-0.25, -0.2) is 9.59 Å². The SMILES string of the molecule is CC1SCC(C(=O)O)N1C(=O)C1CCCC1CNC(=O)OCC1c2ccccc2-c2ccccc21. The van der Waals surface area contributed by atoms with Crippen molar-refractivity contribution in [2.75, 3.05) is 18.9 Å². The summed E-state index contributed by atoms with van der Waals surface area (Å²) in [4.78, 5) is 39.0. The maximum atomic E-state index is 13.3. The fourth-order valence-corrected chi connectivity index (χ4v) is 7.00. The number of amides is 2. The Morgan fingerprint density at radius 2 is 1.71 bits per heavy atom. The number of nitrogens with one attached hydrogen (secondary N) is 1. The van der Waals surface area contributed by atoms with E-state index in [-0.39, 0.29) is 35.6 Å². The topological polar surface area (TPSA) is 95.9 Å². The second-order valence-electron chi connectivity index (χ2n) is 9.54. The number of ether oxygens (including phenoxy) is 1. The summed E-state index contributed by atoms with van der Waals surface area (Å²) in [7, 11) is 0. The molecule has 4 unspecified atom stereocenters. The molecule has 5 rings (SSSR count). The molecule has 7 nitrogen and oxygen atoms in total. The number of carboxylic acids is 1. The van der Waals surface area contributed by atoms with Crippen LogP contribution in [0.5, 0.6) is 0 Å². The molecule has 184 valence electrons. The Bertz CT molecular complexity index is 1090. The fourth-order valence-electron chi connectivity index (χ4n) is 5.83. The second kappa shape index (κ2) is 9.93. The van der Waals surface area contributed by atoms with Crippen molar-refractivity contribution < 1.29 is 24.2 Å². The minimum atomic E-state index is -0.957. The maximum Gasteiger partial charge on any atom is 0.407 e. The van der Waals surface area contributed by atoms with Gasteiger partial charge in [0, 0.05) is 24.1 Å². The molecule has 8 heteroatoms. The van der Waals surface area contributed by atoms with Gasteiger partial charge in [0.05, 0.1) is 5.37 Å². The van der Waals surface area contributed by atoms with Gasteiger partial charge >= 0.3 is 12.1 Å². The fraction of sp³-hybridized carbons (Fsp3) is 0.444. The molecule has 2 N–H and O–H groups in total. The lowest BCUT2D eigenvalue weighted by molar-refractivity contribution is -0.151. The summed E-state index contributed by atoms with van der Waals surface area (Å²) in [5.41, 5.74) is 4.68. The summed E-state index contributed by atoms with van der Waals surface area (Å²) in [6.45, 7) is 2.47. The summed E-state index contributed by atoms with van der Waals surface area (Å²) in [5.74, 6) is -0.941. The van der Waals surface area contributed by atoms with Gasteiger partial charge in [-0.15, -0.1) is 11.8 Å². The number of thioether (sulfide) groups is 1. The molecule has 2 aromatic rings. The average molecular weight is 495 g/mol. The van der Waals surface area contributed by atoms with Crippen LogP contribution < -0.4 is 5.32 Å². The monoisotopic (exact) mass is 494 g/mol. The molecule has 4 atom stereocenters. The Balaban J connectivity index is 1.18. The van der Waals surface area contributed by atoms with Crippen LogP contribution in [0.3, 0.4) is 0 Å². The van der Waals surface area contributed by atoms with E-state index in [9.17, 15) is 19.5 Å². The molecular weight excluding hydrogens is 464 g/mol. The summed E-state index contributed by atoms with van der Waals surface area (Å²) in [6.07, 6.45) is 1.95. The largest absolute Gasteiger partial charge is 0.480 e. The van der Waals surface area contributed by atoms with Crippen LogP contribution in [0.1, 0.15) is 43.2 Å². The van der Waals surface area contributed by atoms with Gasteiger partial charge in [0.15, 0.2) is 0 Å². The van der Waals surface area contributed by atoms with Gasteiger partial charge in [0.2, 0.25) is 5.91 Å². The van der Waals surface area contributed by atoms with Crippen LogP contribution in [0.25, 0.3) is 11.1 Å². The van der Waals surface area contributed by atoms with Gasteiger partial charge in [-0.2, -0.15) is 0 Å². The number of carbonyl (C=O) groups excluding carboxylic acids is 2. The first-order valence-electron chi connectivity index (χ1n) is 12.2. The average Bonchev–Trinajstić information content (AvgIpc) is 3.57. The van der Waals surface area contributed by atoms with E-state index >= 15 is 0 Å². The van der Waals surface area contributed by atoms with E-state index in [4.69, 9.17) is 4.74 Å². The van der Waals surface area contributed by atoms with E-state index in [0.29, 0.717) is 12.3 Å². The standard InChI is InChI=1S/C27H30N2O5S/c1-16-29(24(15-35-16)26(31)32)25(30)18-12-6-7-17(18)13-28-27(33)34-14-23-21-10-4-2-8-19(21)20-9-3-5-11-22(20)23/h2-5,8-11,16-18,23-24H,6-7,12-15H2,1H3,(H,28,33)(H,31,32). The quantitative estimate of drug-likeness (QED) is 0.621. The van der Waals surface area contributed by atoms with Gasteiger partial charge in [-0.05, 0) is 47.9 Å². The van der Waals surface area contributed by atoms with Gasteiger partial charge in [0.1, 0.15) is 12.6 Å². The lowest BCUT2D eigenvalue weighted by Gasteiger charge is -2.30. The molecule has 0 bridgehead atoms. The number of benzene rings is 2. The molecule has 0 aromatic heterocycles. The number of aliphatic carboxylic acids is 1. The van der Waals surface area contributed by atoms with Crippen LogP contribution in [-0.4, -0.2) is 58.3 Å². The van der Waals surface area contributed by atoms with E-state index in [1.807, 2.05) is 31.2 Å². The molecule has 35 heavy (non-hydrogen) atoms. The van der Waals surface area contributed by atoms with E-state index in [0.717, 1.165) is 30.4 Å². The Kier molecular flexibility index (Phi) is 6.73. The molecule has 2 fully saturated rings. The highest BCUT2D eigenvalue weighted by atomic mass is 32.2. The Morgan fingerprint density at radius 3 is 2.37 bits per heavy atom. The molecule has 1 aliphatic heterocycles. The lowest BCUT2D eigenvalue weighted by Crippen LogP contribution is -2.48. The van der Waals surface area contributed by atoms with E-state index in [1.165, 1.54) is 27.8 Å². The van der Waals surface area contributed by atoms with Crippen LogP contribution in [0.2, 0.25) is 0 Å². The van der Waals surface area contributed by atoms with Gasteiger partial charge in [-0.3, -0.25) is 4.79 Å². The number of fused-ring (bicyclic) bond motifs is 3. The first-order chi connectivity index (χ1) is 17.0. The lowest BCUT2D eigenvalue weighted by atomic mass is 9.94. The van der Waals surface area contributed by atoms with Crippen molar-refractivity contribution in [3.05, 3.63) is 59.7 Å². The first-order valence-corrected chi connectivity index (χ1v) is 13.3. The van der Waals surface area contributed by atoms with Crippen molar-refractivity contribution in [1.82, 2.24) is 10.2 Å². The predicted octanol–water partition coefficient (Wildman–Crippen LogP) is 4.32. The number of carbonyl (C=O) groups is 3. The molecule has 0 radical (unpaired) electrons. The number of carboxylic acid groups (broad SMARTS) is 1. The van der Waals surface area contributed by atoms with Crippen molar-refractivity contribution >= 4 is 29.7 Å². The summed E-state index contributed by atoms with van der Waals surface area (Å²) in [6, 6.07) is 15.6. The minimum Gasteiger partial charge on any atom is -0.480 e. The zero-order chi connectivity index (χ0) is 24.5. The third-order valence-electron chi connectivity index (χ3n) is 7.59. The number of alkyl carbamates (subject to hydrolysis) is 1. The third-order valence-corrected chi connectivity index (χ3v) is 8.81. The van der Waals surface area contributed by atoms with Crippen molar-refractivity contribution in [2.45, 2.75) is 43.5 Å². The Labute approximate surface area is 209 Å². The molecule has 1 saturated carbocycles. The molecule has 0 spiro atoms. The van der Waals surface area contributed by atoms with E-state index in [1.54, 1.807) is 0 Å². The van der Waals surface area contributed by atoms with E-state index in [2.05, 4.69) is 29.6 Å². The summed E-state index contributed by atoms with van der Waals surface area (Å²) < 4.78 is 5.63. The number of rotatable bonds is 6. The highest BCUT2D eigenvalue weighted by Crippen LogP contribution is 2.44. The molecular formula is C27H30N2O5S. The number of hydrogen-bond acceptors (Lipinski definition) is 5. The van der Waals surface area contributed by atoms with Crippen LogP contribution >= 0.6 is 11.8 Å². The normalized spacial score (nSPS) is 25.2. The van der Waals surface area contributed by atoms with Crippen molar-refractivity contribution in [2.24, 2.45) is 11.8 Å². The smallest absolute Gasteiger partial charge is 0.407 e. The zero-order valence-corrected chi connectivity index (χ0v) is 20.5. The molecule has 1 heterocycles. The summed E-state index contributed by atoms with van der Waals surface area (Å²) in [5, 5.41) is 12.2.